The fraction of sp³-hybridized carbons (Fsp3) is 0.538. The third-order valence-electron chi connectivity index (χ3n) is 3.71. The molecule has 2 rings (SSSR count). The van der Waals surface area contributed by atoms with Gasteiger partial charge in [-0.1, -0.05) is 6.07 Å². The smallest absolute Gasteiger partial charge is 0.405 e. The number of alkyl halides is 3. The molecule has 21 heavy (non-hydrogen) atoms. The standard InChI is InChI=1S/C13H15BBrF3O3/c1-11(2)12(3,4)21-14(20-11)8-5-6-9(15)10(7-8)19-13(16,17)18/h5-7H,1-4H3. The summed E-state index contributed by atoms with van der Waals surface area (Å²) in [4.78, 5) is 0. The maximum absolute atomic E-state index is 12.4. The minimum Gasteiger partial charge on any atom is -0.405 e. The number of hydrogen-bond donors (Lipinski definition) is 0. The van der Waals surface area contributed by atoms with Gasteiger partial charge in [0.1, 0.15) is 5.75 Å². The van der Waals surface area contributed by atoms with Gasteiger partial charge in [-0.15, -0.1) is 13.2 Å². The molecule has 0 N–H and O–H groups in total. The Balaban J connectivity index is 2.29. The minimum absolute atomic E-state index is 0.208. The van der Waals surface area contributed by atoms with E-state index >= 15 is 0 Å². The van der Waals surface area contributed by atoms with E-state index in [9.17, 15) is 13.2 Å². The Labute approximate surface area is 130 Å². The highest BCUT2D eigenvalue weighted by molar-refractivity contribution is 9.10. The second-order valence-corrected chi connectivity index (χ2v) is 6.68. The van der Waals surface area contributed by atoms with Crippen molar-refractivity contribution in [1.29, 1.82) is 0 Å². The molecular weight excluding hydrogens is 352 g/mol. The van der Waals surface area contributed by atoms with E-state index in [-0.39, 0.29) is 10.2 Å². The largest absolute Gasteiger partial charge is 0.573 e. The van der Waals surface area contributed by atoms with Crippen LogP contribution < -0.4 is 10.2 Å². The quantitative estimate of drug-likeness (QED) is 0.748. The Morgan fingerprint density at radius 2 is 1.62 bits per heavy atom. The zero-order chi connectivity index (χ0) is 16.1. The average Bonchev–Trinajstić information content (AvgIpc) is 2.49. The minimum atomic E-state index is -4.75. The Bertz CT molecular complexity index is 530. The van der Waals surface area contributed by atoms with E-state index in [1.807, 2.05) is 27.7 Å². The second-order valence-electron chi connectivity index (χ2n) is 5.83. The first-order valence-corrected chi connectivity index (χ1v) is 7.11. The van der Waals surface area contributed by atoms with Gasteiger partial charge in [-0.05, 0) is 61.2 Å². The Morgan fingerprint density at radius 1 is 1.10 bits per heavy atom. The fourth-order valence-corrected chi connectivity index (χ4v) is 2.18. The normalized spacial score (nSPS) is 20.7. The third kappa shape index (κ3) is 3.55. The highest BCUT2D eigenvalue weighted by Crippen LogP contribution is 2.37. The van der Waals surface area contributed by atoms with E-state index in [0.717, 1.165) is 0 Å². The molecule has 1 saturated heterocycles. The fourth-order valence-electron chi connectivity index (χ4n) is 1.85. The number of halogens is 4. The number of hydrogen-bond acceptors (Lipinski definition) is 3. The molecule has 0 atom stereocenters. The summed E-state index contributed by atoms with van der Waals surface area (Å²) in [6.45, 7) is 7.50. The van der Waals surface area contributed by atoms with Crippen molar-refractivity contribution in [3.8, 4) is 5.75 Å². The van der Waals surface area contributed by atoms with Gasteiger partial charge in [-0.25, -0.2) is 0 Å². The monoisotopic (exact) mass is 366 g/mol. The predicted molar refractivity (Wildman–Crippen MR) is 76.5 cm³/mol. The SMILES string of the molecule is CC1(C)OB(c2ccc(Br)c(OC(F)(F)F)c2)OC1(C)C. The molecular formula is C13H15BBrF3O3. The molecule has 0 bridgehead atoms. The Hall–Kier alpha value is -0.725. The van der Waals surface area contributed by atoms with Crippen LogP contribution in [0.2, 0.25) is 0 Å². The lowest BCUT2D eigenvalue weighted by Gasteiger charge is -2.32. The van der Waals surface area contributed by atoms with Crippen molar-refractivity contribution in [2.24, 2.45) is 0 Å². The molecule has 3 nitrogen and oxygen atoms in total. The first-order valence-electron chi connectivity index (χ1n) is 6.32. The summed E-state index contributed by atoms with van der Waals surface area (Å²) in [6, 6.07) is 4.37. The predicted octanol–water partition coefficient (Wildman–Crippen LogP) is 3.65. The van der Waals surface area contributed by atoms with Gasteiger partial charge >= 0.3 is 13.5 Å². The summed E-state index contributed by atoms with van der Waals surface area (Å²) in [6.07, 6.45) is -4.75. The third-order valence-corrected chi connectivity index (χ3v) is 4.36. The molecule has 1 heterocycles. The van der Waals surface area contributed by atoms with Crippen LogP contribution in [0.25, 0.3) is 0 Å². The van der Waals surface area contributed by atoms with Gasteiger partial charge < -0.3 is 14.0 Å². The van der Waals surface area contributed by atoms with Crippen molar-refractivity contribution in [3.63, 3.8) is 0 Å². The Kier molecular flexibility index (Phi) is 4.10. The molecule has 1 aliphatic rings. The van der Waals surface area contributed by atoms with Crippen LogP contribution in [0.3, 0.4) is 0 Å². The molecule has 0 amide bonds. The molecule has 0 aromatic heterocycles. The van der Waals surface area contributed by atoms with Crippen LogP contribution in [0.1, 0.15) is 27.7 Å². The van der Waals surface area contributed by atoms with Crippen molar-refractivity contribution in [2.45, 2.75) is 45.3 Å². The molecule has 0 radical (unpaired) electrons. The van der Waals surface area contributed by atoms with E-state index in [2.05, 4.69) is 20.7 Å². The highest BCUT2D eigenvalue weighted by Gasteiger charge is 2.51. The van der Waals surface area contributed by atoms with Crippen molar-refractivity contribution in [1.82, 2.24) is 0 Å². The van der Waals surface area contributed by atoms with Gasteiger partial charge in [0.25, 0.3) is 0 Å². The first-order chi connectivity index (χ1) is 9.41. The molecule has 0 saturated carbocycles. The molecule has 1 aliphatic heterocycles. The molecule has 0 unspecified atom stereocenters. The van der Waals surface area contributed by atoms with E-state index in [1.54, 1.807) is 6.07 Å². The Morgan fingerprint density at radius 3 is 2.10 bits per heavy atom. The summed E-state index contributed by atoms with van der Waals surface area (Å²) in [5, 5.41) is 0. The summed E-state index contributed by atoms with van der Waals surface area (Å²) in [5.74, 6) is -0.324. The van der Waals surface area contributed by atoms with Crippen LogP contribution in [-0.4, -0.2) is 24.7 Å². The van der Waals surface area contributed by atoms with Crippen LogP contribution in [0, 0.1) is 0 Å². The van der Waals surface area contributed by atoms with Gasteiger partial charge in [0.2, 0.25) is 0 Å². The molecule has 1 aromatic rings. The van der Waals surface area contributed by atoms with Crippen molar-refractivity contribution in [2.75, 3.05) is 0 Å². The molecule has 8 heteroatoms. The first kappa shape index (κ1) is 16.6. The highest BCUT2D eigenvalue weighted by atomic mass is 79.9. The lowest BCUT2D eigenvalue weighted by molar-refractivity contribution is -0.274. The summed E-state index contributed by atoms with van der Waals surface area (Å²) < 4.78 is 52.9. The van der Waals surface area contributed by atoms with E-state index in [1.165, 1.54) is 12.1 Å². The van der Waals surface area contributed by atoms with E-state index in [4.69, 9.17) is 9.31 Å². The van der Waals surface area contributed by atoms with Crippen molar-refractivity contribution in [3.05, 3.63) is 22.7 Å². The number of rotatable bonds is 2. The van der Waals surface area contributed by atoms with Crippen molar-refractivity contribution < 1.29 is 27.2 Å². The van der Waals surface area contributed by atoms with Gasteiger partial charge in [0, 0.05) is 0 Å². The second kappa shape index (κ2) is 5.17. The van der Waals surface area contributed by atoms with Crippen molar-refractivity contribution >= 4 is 28.5 Å². The number of benzene rings is 1. The molecule has 1 fully saturated rings. The molecule has 0 spiro atoms. The molecule has 0 aliphatic carbocycles. The molecule has 1 aromatic carbocycles. The summed E-state index contributed by atoms with van der Waals surface area (Å²) in [7, 11) is -0.737. The number of ether oxygens (including phenoxy) is 1. The maximum atomic E-state index is 12.4. The lowest BCUT2D eigenvalue weighted by atomic mass is 9.79. The van der Waals surface area contributed by atoms with Gasteiger partial charge in [-0.2, -0.15) is 0 Å². The van der Waals surface area contributed by atoms with Gasteiger partial charge in [0.15, 0.2) is 0 Å². The van der Waals surface area contributed by atoms with Crippen LogP contribution in [-0.2, 0) is 9.31 Å². The van der Waals surface area contributed by atoms with Crippen LogP contribution in [0.5, 0.6) is 5.75 Å². The van der Waals surface area contributed by atoms with E-state index < -0.39 is 24.7 Å². The van der Waals surface area contributed by atoms with E-state index in [0.29, 0.717) is 5.46 Å². The van der Waals surface area contributed by atoms with Crippen LogP contribution in [0.4, 0.5) is 13.2 Å². The van der Waals surface area contributed by atoms with Gasteiger partial charge in [0.05, 0.1) is 15.7 Å². The maximum Gasteiger partial charge on any atom is 0.573 e. The summed E-state index contributed by atoms with van der Waals surface area (Å²) >= 11 is 3.03. The van der Waals surface area contributed by atoms with Crippen LogP contribution in [0.15, 0.2) is 22.7 Å². The molecule has 116 valence electrons. The summed E-state index contributed by atoms with van der Waals surface area (Å²) in [5.41, 5.74) is -0.651. The van der Waals surface area contributed by atoms with Crippen LogP contribution >= 0.6 is 15.9 Å². The lowest BCUT2D eigenvalue weighted by Crippen LogP contribution is -2.41. The zero-order valence-corrected chi connectivity index (χ0v) is 13.6. The van der Waals surface area contributed by atoms with Gasteiger partial charge in [-0.3, -0.25) is 0 Å². The zero-order valence-electron chi connectivity index (χ0n) is 12.0. The average molecular weight is 367 g/mol. The topological polar surface area (TPSA) is 27.7 Å².